The molecule has 1 spiro atoms. The monoisotopic (exact) mass is 265 g/mol. The molecule has 3 fully saturated rings. The molecule has 1 saturated carbocycles. The van der Waals surface area contributed by atoms with Crippen LogP contribution in [0.1, 0.15) is 43.3 Å². The van der Waals surface area contributed by atoms with Crippen LogP contribution in [-0.2, 0) is 16.0 Å². The predicted octanol–water partition coefficient (Wildman–Crippen LogP) is 1.29. The van der Waals surface area contributed by atoms with Gasteiger partial charge in [0, 0.05) is 31.8 Å². The highest BCUT2D eigenvalue weighted by Gasteiger charge is 2.40. The molecule has 0 atom stereocenters. The number of likely N-dealkylation sites (tertiary alicyclic amines) is 1. The Hall–Kier alpha value is -0.980. The fourth-order valence-electron chi connectivity index (χ4n) is 2.87. The second kappa shape index (κ2) is 4.54. The maximum Gasteiger partial charge on any atom is 0.229 e. The normalized spacial score (nSPS) is 27.2. The van der Waals surface area contributed by atoms with Crippen LogP contribution in [0.2, 0.25) is 0 Å². The van der Waals surface area contributed by atoms with Gasteiger partial charge < -0.3 is 14.0 Å². The summed E-state index contributed by atoms with van der Waals surface area (Å²) in [7, 11) is 0. The van der Waals surface area contributed by atoms with Crippen molar-refractivity contribution < 1.29 is 14.0 Å². The third kappa shape index (κ3) is 2.40. The Morgan fingerprint density at radius 1 is 1.16 bits per heavy atom. The average molecular weight is 265 g/mol. The number of rotatable bonds is 3. The maximum atomic E-state index is 5.73. The van der Waals surface area contributed by atoms with Crippen LogP contribution in [-0.4, -0.2) is 47.1 Å². The minimum absolute atomic E-state index is 0.299. The second-order valence-electron chi connectivity index (χ2n) is 5.71. The number of hydrogen-bond acceptors (Lipinski definition) is 6. The molecule has 6 nitrogen and oxygen atoms in total. The largest absolute Gasteiger partial charge is 0.347 e. The Bertz CT molecular complexity index is 442. The van der Waals surface area contributed by atoms with E-state index in [1.165, 1.54) is 12.8 Å². The van der Waals surface area contributed by atoms with Crippen molar-refractivity contribution in [2.75, 3.05) is 26.3 Å². The summed E-state index contributed by atoms with van der Waals surface area (Å²) < 4.78 is 16.7. The van der Waals surface area contributed by atoms with Crippen LogP contribution in [0.5, 0.6) is 0 Å². The number of aromatic nitrogens is 2. The average Bonchev–Trinajstić information content (AvgIpc) is 3.01. The van der Waals surface area contributed by atoms with E-state index in [2.05, 4.69) is 15.0 Å². The minimum Gasteiger partial charge on any atom is -0.347 e. The van der Waals surface area contributed by atoms with E-state index in [4.69, 9.17) is 14.0 Å². The summed E-state index contributed by atoms with van der Waals surface area (Å²) in [6.45, 7) is 4.16. The molecule has 104 valence electrons. The van der Waals surface area contributed by atoms with E-state index >= 15 is 0 Å². The SMILES string of the molecule is C1COC2(CCN(Cc3noc(C4CC4)n3)CC2)O1. The van der Waals surface area contributed by atoms with Gasteiger partial charge in [-0.05, 0) is 12.8 Å². The van der Waals surface area contributed by atoms with Crippen LogP contribution in [0.25, 0.3) is 0 Å². The van der Waals surface area contributed by atoms with E-state index in [0.29, 0.717) is 5.92 Å². The molecular formula is C13H19N3O3. The Labute approximate surface area is 112 Å². The lowest BCUT2D eigenvalue weighted by Crippen LogP contribution is -2.44. The first-order chi connectivity index (χ1) is 9.33. The molecule has 3 heterocycles. The zero-order chi connectivity index (χ0) is 12.7. The molecule has 1 aromatic heterocycles. The Morgan fingerprint density at radius 3 is 2.58 bits per heavy atom. The summed E-state index contributed by atoms with van der Waals surface area (Å²) in [4.78, 5) is 6.82. The molecule has 0 N–H and O–H groups in total. The summed E-state index contributed by atoms with van der Waals surface area (Å²) in [5.41, 5.74) is 0. The summed E-state index contributed by atoms with van der Waals surface area (Å²) >= 11 is 0. The van der Waals surface area contributed by atoms with Gasteiger partial charge in [0.1, 0.15) is 0 Å². The van der Waals surface area contributed by atoms with Gasteiger partial charge in [0.05, 0.1) is 19.8 Å². The molecule has 3 aliphatic rings. The van der Waals surface area contributed by atoms with Crippen molar-refractivity contribution in [3.8, 4) is 0 Å². The number of piperidine rings is 1. The molecule has 2 aliphatic heterocycles. The molecule has 0 amide bonds. The summed E-state index contributed by atoms with van der Waals surface area (Å²) in [6.07, 6.45) is 4.26. The lowest BCUT2D eigenvalue weighted by molar-refractivity contribution is -0.186. The highest BCUT2D eigenvalue weighted by molar-refractivity contribution is 5.01. The van der Waals surface area contributed by atoms with Gasteiger partial charge in [0.15, 0.2) is 11.6 Å². The van der Waals surface area contributed by atoms with Gasteiger partial charge in [-0.3, -0.25) is 4.90 Å². The summed E-state index contributed by atoms with van der Waals surface area (Å²) in [6, 6.07) is 0. The fourth-order valence-corrected chi connectivity index (χ4v) is 2.87. The van der Waals surface area contributed by atoms with E-state index < -0.39 is 0 Å². The van der Waals surface area contributed by atoms with E-state index in [1.807, 2.05) is 0 Å². The lowest BCUT2D eigenvalue weighted by Gasteiger charge is -2.36. The topological polar surface area (TPSA) is 60.6 Å². The van der Waals surface area contributed by atoms with Crippen molar-refractivity contribution >= 4 is 0 Å². The molecule has 2 saturated heterocycles. The standard InChI is InChI=1S/C13H19N3O3/c1-2-10(1)12-14-11(15-19-12)9-16-5-3-13(4-6-16)17-7-8-18-13/h10H,1-9H2. The molecule has 1 aromatic rings. The first kappa shape index (κ1) is 11.8. The van der Waals surface area contributed by atoms with E-state index in [1.54, 1.807) is 0 Å². The fraction of sp³-hybridized carbons (Fsp3) is 0.846. The molecular weight excluding hydrogens is 246 g/mol. The predicted molar refractivity (Wildman–Crippen MR) is 65.4 cm³/mol. The zero-order valence-electron chi connectivity index (χ0n) is 11.0. The lowest BCUT2D eigenvalue weighted by atomic mass is 10.0. The molecule has 6 heteroatoms. The van der Waals surface area contributed by atoms with Crippen molar-refractivity contribution in [2.45, 2.75) is 43.9 Å². The zero-order valence-corrected chi connectivity index (χ0v) is 11.0. The van der Waals surface area contributed by atoms with Crippen LogP contribution in [0.15, 0.2) is 4.52 Å². The minimum atomic E-state index is -0.299. The van der Waals surface area contributed by atoms with Crippen LogP contribution in [0.4, 0.5) is 0 Å². The molecule has 0 aromatic carbocycles. The van der Waals surface area contributed by atoms with Crippen molar-refractivity contribution in [3.05, 3.63) is 11.7 Å². The quantitative estimate of drug-likeness (QED) is 0.820. The van der Waals surface area contributed by atoms with Crippen molar-refractivity contribution in [3.63, 3.8) is 0 Å². The van der Waals surface area contributed by atoms with Gasteiger partial charge in [0.2, 0.25) is 5.89 Å². The van der Waals surface area contributed by atoms with Crippen molar-refractivity contribution in [1.29, 1.82) is 0 Å². The van der Waals surface area contributed by atoms with Crippen molar-refractivity contribution in [2.24, 2.45) is 0 Å². The molecule has 0 radical (unpaired) electrons. The van der Waals surface area contributed by atoms with Gasteiger partial charge in [-0.25, -0.2) is 0 Å². The van der Waals surface area contributed by atoms with Gasteiger partial charge in [-0.15, -0.1) is 0 Å². The van der Waals surface area contributed by atoms with Gasteiger partial charge >= 0.3 is 0 Å². The summed E-state index contributed by atoms with van der Waals surface area (Å²) in [5.74, 6) is 1.87. The Morgan fingerprint density at radius 2 is 1.89 bits per heavy atom. The number of ether oxygens (including phenoxy) is 2. The van der Waals surface area contributed by atoms with Gasteiger partial charge in [-0.1, -0.05) is 5.16 Å². The Kier molecular flexibility index (Phi) is 2.82. The molecule has 0 bridgehead atoms. The molecule has 0 unspecified atom stereocenters. The van der Waals surface area contributed by atoms with Crippen LogP contribution < -0.4 is 0 Å². The summed E-state index contributed by atoms with van der Waals surface area (Å²) in [5, 5.41) is 4.07. The highest BCUT2D eigenvalue weighted by atomic mass is 16.7. The second-order valence-corrected chi connectivity index (χ2v) is 5.71. The van der Waals surface area contributed by atoms with E-state index in [-0.39, 0.29) is 5.79 Å². The molecule has 1 aliphatic carbocycles. The van der Waals surface area contributed by atoms with E-state index in [9.17, 15) is 0 Å². The van der Waals surface area contributed by atoms with Gasteiger partial charge in [0.25, 0.3) is 0 Å². The third-order valence-electron chi connectivity index (χ3n) is 4.21. The van der Waals surface area contributed by atoms with Gasteiger partial charge in [-0.2, -0.15) is 4.98 Å². The molecule has 4 rings (SSSR count). The van der Waals surface area contributed by atoms with E-state index in [0.717, 1.165) is 57.4 Å². The first-order valence-electron chi connectivity index (χ1n) is 7.16. The van der Waals surface area contributed by atoms with Crippen molar-refractivity contribution in [1.82, 2.24) is 15.0 Å². The smallest absolute Gasteiger partial charge is 0.229 e. The third-order valence-corrected chi connectivity index (χ3v) is 4.21. The maximum absolute atomic E-state index is 5.73. The molecule has 19 heavy (non-hydrogen) atoms. The number of hydrogen-bond donors (Lipinski definition) is 0. The van der Waals surface area contributed by atoms with Crippen LogP contribution >= 0.6 is 0 Å². The Balaban J connectivity index is 1.33. The van der Waals surface area contributed by atoms with Crippen LogP contribution in [0, 0.1) is 0 Å². The van der Waals surface area contributed by atoms with Crippen LogP contribution in [0.3, 0.4) is 0 Å². The highest BCUT2D eigenvalue weighted by Crippen LogP contribution is 2.39. The first-order valence-corrected chi connectivity index (χ1v) is 7.16. The number of nitrogens with zero attached hydrogens (tertiary/aromatic N) is 3.